The second-order valence-corrected chi connectivity index (χ2v) is 5.33. The molecule has 106 valence electrons. The molecule has 0 fully saturated rings. The van der Waals surface area contributed by atoms with Crippen molar-refractivity contribution in [3.8, 4) is 12.0 Å². The van der Waals surface area contributed by atoms with Crippen LogP contribution in [-0.4, -0.2) is 24.5 Å². The molecule has 3 aromatic rings. The lowest BCUT2D eigenvalue weighted by Gasteiger charge is -2.06. The van der Waals surface area contributed by atoms with Crippen molar-refractivity contribution < 1.29 is 4.74 Å². The zero-order chi connectivity index (χ0) is 14.7. The van der Waals surface area contributed by atoms with Gasteiger partial charge in [0.25, 0.3) is 0 Å². The van der Waals surface area contributed by atoms with Crippen LogP contribution in [0.3, 0.4) is 0 Å². The molecule has 0 N–H and O–H groups in total. The highest BCUT2D eigenvalue weighted by atomic mass is 79.9. The predicted molar refractivity (Wildman–Crippen MR) is 80.4 cm³/mol. The highest BCUT2D eigenvalue weighted by Gasteiger charge is 2.08. The molecular formula is C13H9BrClN5O. The molecule has 0 radical (unpaired) electrons. The zero-order valence-corrected chi connectivity index (χ0v) is 13.0. The molecule has 0 saturated heterocycles. The van der Waals surface area contributed by atoms with Crippen molar-refractivity contribution in [1.82, 2.24) is 24.5 Å². The Kier molecular flexibility index (Phi) is 4.12. The molecule has 0 unspecified atom stereocenters. The molecule has 0 saturated carbocycles. The minimum absolute atomic E-state index is 0.0690. The fourth-order valence-electron chi connectivity index (χ4n) is 1.61. The maximum Gasteiger partial charge on any atom is 0.322 e. The summed E-state index contributed by atoms with van der Waals surface area (Å²) >= 11 is 9.27. The highest BCUT2D eigenvalue weighted by molar-refractivity contribution is 9.10. The maximum absolute atomic E-state index is 5.89. The molecular weight excluding hydrogens is 358 g/mol. The number of ether oxygens (including phenoxy) is 1. The second-order valence-electron chi connectivity index (χ2n) is 4.07. The summed E-state index contributed by atoms with van der Waals surface area (Å²) in [7, 11) is 0. The van der Waals surface area contributed by atoms with Gasteiger partial charge >= 0.3 is 6.01 Å². The number of hydrogen-bond donors (Lipinski definition) is 0. The molecule has 0 aliphatic carbocycles. The molecule has 2 aromatic heterocycles. The van der Waals surface area contributed by atoms with Gasteiger partial charge < -0.3 is 4.74 Å². The molecule has 3 rings (SSSR count). The Balaban J connectivity index is 1.78. The quantitative estimate of drug-likeness (QED) is 0.710. The molecule has 2 heterocycles. The summed E-state index contributed by atoms with van der Waals surface area (Å²) in [6.45, 7) is 0.344. The van der Waals surface area contributed by atoms with E-state index >= 15 is 0 Å². The molecule has 0 aliphatic rings. The normalized spacial score (nSPS) is 10.6. The van der Waals surface area contributed by atoms with E-state index in [9.17, 15) is 0 Å². The van der Waals surface area contributed by atoms with Gasteiger partial charge in [-0.25, -0.2) is 4.98 Å². The van der Waals surface area contributed by atoms with Crippen LogP contribution in [0.2, 0.25) is 5.28 Å². The first-order valence-electron chi connectivity index (χ1n) is 5.98. The van der Waals surface area contributed by atoms with Crippen molar-refractivity contribution in [2.24, 2.45) is 0 Å². The standard InChI is InChI=1S/C13H9BrClN5O/c14-10-3-1-9(2-4-10)7-21-13-18-11(15)17-12(19-13)20-6-5-16-8-20/h1-6,8H,7H2. The van der Waals surface area contributed by atoms with Crippen LogP contribution in [0.1, 0.15) is 5.56 Å². The third-order valence-corrected chi connectivity index (χ3v) is 3.29. The fourth-order valence-corrected chi connectivity index (χ4v) is 2.02. The minimum Gasteiger partial charge on any atom is -0.458 e. The molecule has 0 bridgehead atoms. The van der Waals surface area contributed by atoms with Crippen LogP contribution in [0.4, 0.5) is 0 Å². The largest absolute Gasteiger partial charge is 0.458 e. The van der Waals surface area contributed by atoms with Crippen LogP contribution in [0.15, 0.2) is 47.5 Å². The number of halogens is 2. The molecule has 0 atom stereocenters. The van der Waals surface area contributed by atoms with Crippen LogP contribution >= 0.6 is 27.5 Å². The lowest BCUT2D eigenvalue weighted by Crippen LogP contribution is -2.05. The average Bonchev–Trinajstić information content (AvgIpc) is 3.00. The SMILES string of the molecule is Clc1nc(OCc2ccc(Br)cc2)nc(-n2ccnc2)n1. The Morgan fingerprint density at radius 2 is 1.95 bits per heavy atom. The third kappa shape index (κ3) is 3.56. The summed E-state index contributed by atoms with van der Waals surface area (Å²) < 4.78 is 8.19. The average molecular weight is 367 g/mol. The van der Waals surface area contributed by atoms with Gasteiger partial charge in [0.1, 0.15) is 12.9 Å². The number of imidazole rings is 1. The molecule has 0 amide bonds. The number of nitrogens with zero attached hydrogens (tertiary/aromatic N) is 5. The molecule has 21 heavy (non-hydrogen) atoms. The van der Waals surface area contributed by atoms with Gasteiger partial charge in [-0.2, -0.15) is 15.0 Å². The monoisotopic (exact) mass is 365 g/mol. The topological polar surface area (TPSA) is 65.7 Å². The highest BCUT2D eigenvalue weighted by Crippen LogP contribution is 2.14. The van der Waals surface area contributed by atoms with Crippen molar-refractivity contribution in [2.75, 3.05) is 0 Å². The van der Waals surface area contributed by atoms with Crippen LogP contribution in [0.25, 0.3) is 5.95 Å². The van der Waals surface area contributed by atoms with Gasteiger partial charge in [-0.3, -0.25) is 4.57 Å². The van der Waals surface area contributed by atoms with Crippen LogP contribution in [-0.2, 0) is 6.61 Å². The van der Waals surface area contributed by atoms with Crippen molar-refractivity contribution in [2.45, 2.75) is 6.61 Å². The van der Waals surface area contributed by atoms with E-state index in [0.717, 1.165) is 10.0 Å². The lowest BCUT2D eigenvalue weighted by atomic mass is 10.2. The number of aromatic nitrogens is 5. The summed E-state index contributed by atoms with van der Waals surface area (Å²) in [4.78, 5) is 16.1. The summed E-state index contributed by atoms with van der Waals surface area (Å²) in [6.07, 6.45) is 4.91. The van der Waals surface area contributed by atoms with Crippen LogP contribution in [0.5, 0.6) is 6.01 Å². The fraction of sp³-hybridized carbons (Fsp3) is 0.0769. The number of hydrogen-bond acceptors (Lipinski definition) is 5. The van der Waals surface area contributed by atoms with E-state index in [4.69, 9.17) is 16.3 Å². The summed E-state index contributed by atoms with van der Waals surface area (Å²) in [5.74, 6) is 0.360. The first kappa shape index (κ1) is 14.0. The zero-order valence-electron chi connectivity index (χ0n) is 10.6. The van der Waals surface area contributed by atoms with Gasteiger partial charge in [-0.15, -0.1) is 0 Å². The van der Waals surface area contributed by atoms with E-state index < -0.39 is 0 Å². The Bertz CT molecular complexity index is 733. The van der Waals surface area contributed by atoms with E-state index in [0.29, 0.717) is 12.6 Å². The maximum atomic E-state index is 5.89. The molecule has 0 spiro atoms. The molecule has 8 heteroatoms. The minimum atomic E-state index is 0.0690. The summed E-state index contributed by atoms with van der Waals surface area (Å²) in [6, 6.07) is 7.95. The van der Waals surface area contributed by atoms with Crippen molar-refractivity contribution in [3.63, 3.8) is 0 Å². The number of benzene rings is 1. The molecule has 1 aromatic carbocycles. The van der Waals surface area contributed by atoms with Crippen molar-refractivity contribution in [1.29, 1.82) is 0 Å². The van der Waals surface area contributed by atoms with E-state index in [1.807, 2.05) is 24.3 Å². The summed E-state index contributed by atoms with van der Waals surface area (Å²) in [5.41, 5.74) is 0.999. The Morgan fingerprint density at radius 3 is 2.67 bits per heavy atom. The second kappa shape index (κ2) is 6.19. The van der Waals surface area contributed by atoms with Gasteiger partial charge in [0.15, 0.2) is 0 Å². The van der Waals surface area contributed by atoms with Gasteiger partial charge in [0.2, 0.25) is 11.2 Å². The van der Waals surface area contributed by atoms with Crippen molar-refractivity contribution >= 4 is 27.5 Å². The Labute approximate surface area is 133 Å². The van der Waals surface area contributed by atoms with Gasteiger partial charge in [0.05, 0.1) is 0 Å². The van der Waals surface area contributed by atoms with Crippen LogP contribution in [0, 0.1) is 0 Å². The van der Waals surface area contributed by atoms with E-state index in [1.54, 1.807) is 23.3 Å². The van der Waals surface area contributed by atoms with E-state index in [-0.39, 0.29) is 11.3 Å². The summed E-state index contributed by atoms with van der Waals surface area (Å²) in [5, 5.41) is 0.0690. The van der Waals surface area contributed by atoms with Gasteiger partial charge in [-0.1, -0.05) is 28.1 Å². The van der Waals surface area contributed by atoms with Crippen LogP contribution < -0.4 is 4.74 Å². The van der Waals surface area contributed by atoms with Gasteiger partial charge in [-0.05, 0) is 29.3 Å². The lowest BCUT2D eigenvalue weighted by molar-refractivity contribution is 0.279. The predicted octanol–water partition coefficient (Wildman–Crippen LogP) is 3.05. The Morgan fingerprint density at radius 1 is 1.14 bits per heavy atom. The van der Waals surface area contributed by atoms with E-state index in [2.05, 4.69) is 35.9 Å². The van der Waals surface area contributed by atoms with Crippen molar-refractivity contribution in [3.05, 3.63) is 58.3 Å². The third-order valence-electron chi connectivity index (χ3n) is 2.59. The Hall–Kier alpha value is -1.99. The van der Waals surface area contributed by atoms with Gasteiger partial charge in [0, 0.05) is 16.9 Å². The first-order valence-corrected chi connectivity index (χ1v) is 7.15. The van der Waals surface area contributed by atoms with E-state index in [1.165, 1.54) is 0 Å². The molecule has 6 nitrogen and oxygen atoms in total. The smallest absolute Gasteiger partial charge is 0.322 e. The molecule has 0 aliphatic heterocycles. The first-order chi connectivity index (χ1) is 10.2. The number of rotatable bonds is 4.